The minimum absolute atomic E-state index is 0.0972. The first-order valence-electron chi connectivity index (χ1n) is 5.75. The molecular formula is C10H22N5O+. The number of hydrogen-bond donors (Lipinski definition) is 3. The molecule has 0 aromatic heterocycles. The highest BCUT2D eigenvalue weighted by atomic mass is 16.2. The van der Waals surface area contributed by atoms with Crippen molar-refractivity contribution < 1.29 is 9.37 Å². The molecule has 1 saturated heterocycles. The zero-order valence-electron chi connectivity index (χ0n) is 9.91. The molecule has 5 N–H and O–H groups in total. The van der Waals surface area contributed by atoms with Gasteiger partial charge in [-0.1, -0.05) is 6.92 Å². The van der Waals surface area contributed by atoms with Gasteiger partial charge in [-0.15, -0.1) is 0 Å². The first-order chi connectivity index (χ1) is 7.63. The van der Waals surface area contributed by atoms with Crippen molar-refractivity contribution in [3.8, 4) is 0 Å². The lowest BCUT2D eigenvalue weighted by molar-refractivity contribution is -0.541. The van der Waals surface area contributed by atoms with Crippen molar-refractivity contribution in [1.82, 2.24) is 10.2 Å². The first kappa shape index (κ1) is 12.8. The second-order valence-corrected chi connectivity index (χ2v) is 4.04. The number of amides is 1. The number of hydrogen-bond acceptors (Lipinski definition) is 2. The third-order valence-corrected chi connectivity index (χ3v) is 2.68. The topological polar surface area (TPSA) is 87.4 Å². The number of guanidine groups is 1. The molecular weight excluding hydrogens is 206 g/mol. The van der Waals surface area contributed by atoms with Gasteiger partial charge < -0.3 is 5.32 Å². The van der Waals surface area contributed by atoms with E-state index in [1.54, 1.807) is 0 Å². The summed E-state index contributed by atoms with van der Waals surface area (Å²) in [6.07, 6.45) is 0.970. The van der Waals surface area contributed by atoms with Gasteiger partial charge in [-0.05, 0) is 6.42 Å². The van der Waals surface area contributed by atoms with Gasteiger partial charge in [0.15, 0.2) is 0 Å². The van der Waals surface area contributed by atoms with Crippen LogP contribution < -0.4 is 16.8 Å². The molecule has 16 heavy (non-hydrogen) atoms. The van der Waals surface area contributed by atoms with Crippen molar-refractivity contribution in [2.75, 3.05) is 39.3 Å². The van der Waals surface area contributed by atoms with E-state index >= 15 is 0 Å². The molecule has 6 heteroatoms. The molecule has 1 amide bonds. The molecule has 0 saturated carbocycles. The Morgan fingerprint density at radius 3 is 2.50 bits per heavy atom. The van der Waals surface area contributed by atoms with Gasteiger partial charge in [0.1, 0.15) is 0 Å². The maximum Gasteiger partial charge on any atom is 0.341 e. The number of nitrogens with zero attached hydrogens (tertiary/aromatic N) is 2. The fourth-order valence-electron chi connectivity index (χ4n) is 1.69. The Bertz CT molecular complexity index is 262. The van der Waals surface area contributed by atoms with Crippen molar-refractivity contribution in [1.29, 1.82) is 0 Å². The van der Waals surface area contributed by atoms with Crippen molar-refractivity contribution in [2.45, 2.75) is 13.3 Å². The van der Waals surface area contributed by atoms with Gasteiger partial charge in [0.25, 0.3) is 0 Å². The molecule has 0 aliphatic carbocycles. The zero-order valence-corrected chi connectivity index (χ0v) is 9.91. The van der Waals surface area contributed by atoms with E-state index in [1.807, 2.05) is 11.5 Å². The summed E-state index contributed by atoms with van der Waals surface area (Å²) in [5.41, 5.74) is 11.0. The molecule has 0 spiro atoms. The van der Waals surface area contributed by atoms with Crippen LogP contribution in [0, 0.1) is 0 Å². The molecule has 92 valence electrons. The Hall–Kier alpha value is -1.30. The highest BCUT2D eigenvalue weighted by Gasteiger charge is 2.18. The quantitative estimate of drug-likeness (QED) is 0.388. The number of nitrogens with one attached hydrogen (secondary N) is 1. The molecule has 0 aromatic rings. The predicted octanol–water partition coefficient (Wildman–Crippen LogP) is -1.89. The lowest BCUT2D eigenvalue weighted by Gasteiger charge is -2.27. The number of piperazine rings is 1. The number of nitrogens with two attached hydrogens (primary N) is 2. The van der Waals surface area contributed by atoms with Gasteiger partial charge in [-0.2, -0.15) is 0 Å². The van der Waals surface area contributed by atoms with Crippen LogP contribution in [0.2, 0.25) is 0 Å². The number of rotatable bonds is 4. The molecule has 0 radical (unpaired) electrons. The fraction of sp³-hybridized carbons (Fsp3) is 0.800. The summed E-state index contributed by atoms with van der Waals surface area (Å²) in [7, 11) is 0. The van der Waals surface area contributed by atoms with E-state index in [1.165, 1.54) is 0 Å². The van der Waals surface area contributed by atoms with Gasteiger partial charge in [0.2, 0.25) is 5.91 Å². The second kappa shape index (κ2) is 6.32. The zero-order chi connectivity index (χ0) is 12.0. The summed E-state index contributed by atoms with van der Waals surface area (Å²) in [5, 5.41) is 2.86. The van der Waals surface area contributed by atoms with Crippen LogP contribution in [0.5, 0.6) is 0 Å². The van der Waals surface area contributed by atoms with Gasteiger partial charge in [-0.3, -0.25) is 25.7 Å². The van der Waals surface area contributed by atoms with Crippen LogP contribution >= 0.6 is 0 Å². The average Bonchev–Trinajstić information content (AvgIpc) is 2.27. The van der Waals surface area contributed by atoms with E-state index in [9.17, 15) is 4.79 Å². The second-order valence-electron chi connectivity index (χ2n) is 4.04. The van der Waals surface area contributed by atoms with Crippen molar-refractivity contribution >= 4 is 11.9 Å². The maximum atomic E-state index is 11.5. The maximum absolute atomic E-state index is 11.5. The Kier molecular flexibility index (Phi) is 5.04. The molecule has 1 aliphatic heterocycles. The molecule has 1 fully saturated rings. The highest BCUT2D eigenvalue weighted by Crippen LogP contribution is 1.95. The van der Waals surface area contributed by atoms with Crippen LogP contribution in [-0.4, -0.2) is 60.6 Å². The largest absolute Gasteiger partial charge is 0.355 e. The monoisotopic (exact) mass is 228 g/mol. The first-order valence-corrected chi connectivity index (χ1v) is 5.75. The third-order valence-electron chi connectivity index (χ3n) is 2.68. The number of carbonyl (C=O) groups is 1. The van der Waals surface area contributed by atoms with Crippen LogP contribution in [0.3, 0.4) is 0 Å². The van der Waals surface area contributed by atoms with Gasteiger partial charge >= 0.3 is 5.96 Å². The minimum atomic E-state index is 0.0972. The van der Waals surface area contributed by atoms with E-state index in [4.69, 9.17) is 11.5 Å². The molecule has 0 atom stereocenters. The van der Waals surface area contributed by atoms with E-state index in [0.29, 0.717) is 12.5 Å². The minimum Gasteiger partial charge on any atom is -0.355 e. The molecule has 1 rings (SSSR count). The van der Waals surface area contributed by atoms with Crippen molar-refractivity contribution in [3.05, 3.63) is 0 Å². The Morgan fingerprint density at radius 1 is 1.38 bits per heavy atom. The summed E-state index contributed by atoms with van der Waals surface area (Å²) < 4.78 is 1.93. The predicted molar refractivity (Wildman–Crippen MR) is 63.1 cm³/mol. The lowest BCUT2D eigenvalue weighted by Crippen LogP contribution is -2.50. The summed E-state index contributed by atoms with van der Waals surface area (Å²) in [4.78, 5) is 13.6. The fourth-order valence-corrected chi connectivity index (χ4v) is 1.69. The van der Waals surface area contributed by atoms with Crippen LogP contribution in [0.4, 0.5) is 0 Å². The summed E-state index contributed by atoms with van der Waals surface area (Å²) in [5.74, 6) is 0.468. The van der Waals surface area contributed by atoms with E-state index in [2.05, 4.69) is 10.2 Å². The van der Waals surface area contributed by atoms with Gasteiger partial charge in [0.05, 0.1) is 19.6 Å². The third kappa shape index (κ3) is 4.06. The van der Waals surface area contributed by atoms with E-state index in [0.717, 1.165) is 39.1 Å². The lowest BCUT2D eigenvalue weighted by atomic mass is 10.3. The van der Waals surface area contributed by atoms with Crippen LogP contribution in [0.1, 0.15) is 13.3 Å². The standard InChI is InChI=1S/C10H21N5O/c1-2-3-13-9(16)8-14-4-6-15(7-5-14)10(11)12/h2-8H2,1H3,(H4,11,12,13,16)/p+1. The molecule has 1 heterocycles. The molecule has 0 aromatic carbocycles. The normalized spacial score (nSPS) is 17.2. The van der Waals surface area contributed by atoms with Gasteiger partial charge in [0, 0.05) is 19.6 Å². The Morgan fingerprint density at radius 2 is 2.00 bits per heavy atom. The Balaban J connectivity index is 2.27. The summed E-state index contributed by atoms with van der Waals surface area (Å²) >= 11 is 0. The molecule has 1 aliphatic rings. The average molecular weight is 228 g/mol. The van der Waals surface area contributed by atoms with Crippen LogP contribution in [0.25, 0.3) is 0 Å². The van der Waals surface area contributed by atoms with Crippen LogP contribution in [0.15, 0.2) is 0 Å². The highest BCUT2D eigenvalue weighted by molar-refractivity contribution is 5.78. The summed E-state index contributed by atoms with van der Waals surface area (Å²) in [6.45, 7) is 6.52. The van der Waals surface area contributed by atoms with Crippen LogP contribution in [-0.2, 0) is 4.79 Å². The van der Waals surface area contributed by atoms with E-state index < -0.39 is 0 Å². The molecule has 0 unspecified atom stereocenters. The van der Waals surface area contributed by atoms with E-state index in [-0.39, 0.29) is 5.91 Å². The smallest absolute Gasteiger partial charge is 0.341 e. The number of carbonyl (C=O) groups excluding carboxylic acids is 1. The molecule has 6 nitrogen and oxygen atoms in total. The van der Waals surface area contributed by atoms with Crippen molar-refractivity contribution in [3.63, 3.8) is 0 Å². The van der Waals surface area contributed by atoms with Gasteiger partial charge in [-0.25, -0.2) is 0 Å². The summed E-state index contributed by atoms with van der Waals surface area (Å²) in [6, 6.07) is 0. The molecule has 0 bridgehead atoms. The Labute approximate surface area is 96.3 Å². The SMILES string of the molecule is CCCNC(=O)CN1CC[N+](=C(N)N)CC1. The van der Waals surface area contributed by atoms with Crippen molar-refractivity contribution in [2.24, 2.45) is 11.5 Å².